The minimum absolute atomic E-state index is 0.149. The molecule has 7 heteroatoms. The van der Waals surface area contributed by atoms with Crippen molar-refractivity contribution in [3.8, 4) is 0 Å². The maximum atomic E-state index is 12.6. The largest absolute Gasteiger partial charge is 0.417 e. The number of nitrogens with one attached hydrogen (secondary N) is 1. The van der Waals surface area contributed by atoms with Crippen LogP contribution in [-0.4, -0.2) is 29.1 Å². The third-order valence-corrected chi connectivity index (χ3v) is 2.88. The number of hydrogen-bond donors (Lipinski definition) is 1. The summed E-state index contributed by atoms with van der Waals surface area (Å²) < 4.78 is 44.2. The molecule has 0 bridgehead atoms. The summed E-state index contributed by atoms with van der Waals surface area (Å²) in [5.41, 5.74) is 0.496. The lowest BCUT2D eigenvalue weighted by atomic mass is 10.3. The second kappa shape index (κ2) is 5.80. The summed E-state index contributed by atoms with van der Waals surface area (Å²) in [7, 11) is 1.61. The molecule has 0 aliphatic carbocycles. The number of rotatable bonds is 5. The zero-order valence-corrected chi connectivity index (χ0v) is 11.2. The Bertz CT molecular complexity index is 580. The summed E-state index contributed by atoms with van der Waals surface area (Å²) in [6.07, 6.45) is -1.70. The molecule has 2 heterocycles. The van der Waals surface area contributed by atoms with Crippen LogP contribution in [0, 0.1) is 0 Å². The van der Waals surface area contributed by atoms with Crippen LogP contribution in [0.4, 0.5) is 13.2 Å². The van der Waals surface area contributed by atoms with Gasteiger partial charge in [-0.1, -0.05) is 0 Å². The van der Waals surface area contributed by atoms with Crippen LogP contribution in [0.1, 0.15) is 18.2 Å². The Labute approximate surface area is 114 Å². The van der Waals surface area contributed by atoms with Gasteiger partial charge in [0.25, 0.3) is 0 Å². The lowest BCUT2D eigenvalue weighted by molar-refractivity contribution is -0.137. The minimum atomic E-state index is -4.34. The van der Waals surface area contributed by atoms with Crippen LogP contribution >= 0.6 is 0 Å². The molecular formula is C13H16F3N3O. The van der Waals surface area contributed by atoms with Gasteiger partial charge in [-0.3, -0.25) is 0 Å². The van der Waals surface area contributed by atoms with E-state index >= 15 is 0 Å². The summed E-state index contributed by atoms with van der Waals surface area (Å²) in [5.74, 6) is 0. The number of fused-ring (bicyclic) bond motifs is 1. The van der Waals surface area contributed by atoms with E-state index in [9.17, 15) is 13.2 Å². The Balaban J connectivity index is 2.13. The molecule has 0 fully saturated rings. The number of halogens is 3. The normalized spacial score (nSPS) is 13.8. The van der Waals surface area contributed by atoms with Gasteiger partial charge in [0.05, 0.1) is 17.9 Å². The summed E-state index contributed by atoms with van der Waals surface area (Å²) in [6, 6.07) is 2.55. The molecule has 0 aliphatic rings. The number of alkyl halides is 3. The standard InChI is InChI=1S/C13H16F3N3O/c1-9(8-20-2)17-5-11-7-19-6-10(13(14,15)16)3-4-12(19)18-11/h3-4,6-7,9,17H,5,8H2,1-2H3. The van der Waals surface area contributed by atoms with E-state index in [0.717, 1.165) is 12.3 Å². The summed E-state index contributed by atoms with van der Waals surface area (Å²) in [4.78, 5) is 4.26. The molecule has 20 heavy (non-hydrogen) atoms. The average molecular weight is 287 g/mol. The first-order chi connectivity index (χ1) is 9.40. The molecule has 0 radical (unpaired) electrons. The van der Waals surface area contributed by atoms with Crippen LogP contribution in [0.5, 0.6) is 0 Å². The van der Waals surface area contributed by atoms with Crippen LogP contribution in [0.25, 0.3) is 5.65 Å². The fourth-order valence-corrected chi connectivity index (χ4v) is 1.88. The highest BCUT2D eigenvalue weighted by Crippen LogP contribution is 2.29. The van der Waals surface area contributed by atoms with E-state index < -0.39 is 11.7 Å². The molecule has 0 amide bonds. The molecule has 2 aromatic heterocycles. The van der Waals surface area contributed by atoms with Crippen LogP contribution in [0.2, 0.25) is 0 Å². The van der Waals surface area contributed by atoms with Crippen molar-refractivity contribution >= 4 is 5.65 Å². The second-order valence-electron chi connectivity index (χ2n) is 4.65. The van der Waals surface area contributed by atoms with Crippen molar-refractivity contribution in [2.75, 3.05) is 13.7 Å². The van der Waals surface area contributed by atoms with Gasteiger partial charge in [-0.25, -0.2) is 4.98 Å². The molecule has 0 aliphatic heterocycles. The van der Waals surface area contributed by atoms with E-state index in [4.69, 9.17) is 4.74 Å². The van der Waals surface area contributed by atoms with E-state index in [0.29, 0.717) is 24.5 Å². The van der Waals surface area contributed by atoms with Crippen LogP contribution in [-0.2, 0) is 17.5 Å². The number of pyridine rings is 1. The van der Waals surface area contributed by atoms with E-state index in [1.165, 1.54) is 10.5 Å². The number of aromatic nitrogens is 2. The number of ether oxygens (including phenoxy) is 1. The second-order valence-corrected chi connectivity index (χ2v) is 4.65. The van der Waals surface area contributed by atoms with Crippen molar-refractivity contribution in [2.45, 2.75) is 25.7 Å². The Hall–Kier alpha value is -1.60. The zero-order chi connectivity index (χ0) is 14.8. The SMILES string of the molecule is COCC(C)NCc1cn2cc(C(F)(F)F)ccc2n1. The number of hydrogen-bond acceptors (Lipinski definition) is 3. The van der Waals surface area contributed by atoms with E-state index in [1.807, 2.05) is 6.92 Å². The van der Waals surface area contributed by atoms with Crippen LogP contribution in [0.3, 0.4) is 0 Å². The third-order valence-electron chi connectivity index (χ3n) is 2.88. The van der Waals surface area contributed by atoms with Gasteiger partial charge in [0.2, 0.25) is 0 Å². The number of nitrogens with zero attached hydrogens (tertiary/aromatic N) is 2. The molecule has 1 N–H and O–H groups in total. The number of methoxy groups -OCH3 is 1. The van der Waals surface area contributed by atoms with Crippen molar-refractivity contribution in [2.24, 2.45) is 0 Å². The monoisotopic (exact) mass is 287 g/mol. The highest BCUT2D eigenvalue weighted by atomic mass is 19.4. The Morgan fingerprint density at radius 1 is 1.35 bits per heavy atom. The van der Waals surface area contributed by atoms with Crippen molar-refractivity contribution in [3.63, 3.8) is 0 Å². The smallest absolute Gasteiger partial charge is 0.383 e. The summed E-state index contributed by atoms with van der Waals surface area (Å²) in [6.45, 7) is 3.00. The van der Waals surface area contributed by atoms with Crippen LogP contribution < -0.4 is 5.32 Å². The topological polar surface area (TPSA) is 38.6 Å². The summed E-state index contributed by atoms with van der Waals surface area (Å²) >= 11 is 0. The highest BCUT2D eigenvalue weighted by molar-refractivity contribution is 5.42. The molecule has 0 spiro atoms. The molecule has 0 aromatic carbocycles. The molecule has 1 unspecified atom stereocenters. The minimum Gasteiger partial charge on any atom is -0.383 e. The van der Waals surface area contributed by atoms with Crippen molar-refractivity contribution in [1.29, 1.82) is 0 Å². The first-order valence-corrected chi connectivity index (χ1v) is 6.17. The molecular weight excluding hydrogens is 271 g/mol. The highest BCUT2D eigenvalue weighted by Gasteiger charge is 2.30. The van der Waals surface area contributed by atoms with E-state index in [-0.39, 0.29) is 6.04 Å². The lowest BCUT2D eigenvalue weighted by Gasteiger charge is -2.10. The number of imidazole rings is 1. The maximum Gasteiger partial charge on any atom is 0.417 e. The van der Waals surface area contributed by atoms with Crippen LogP contribution in [0.15, 0.2) is 24.5 Å². The Kier molecular flexibility index (Phi) is 4.29. The van der Waals surface area contributed by atoms with Gasteiger partial charge in [0.15, 0.2) is 0 Å². The zero-order valence-electron chi connectivity index (χ0n) is 11.2. The van der Waals surface area contributed by atoms with E-state index in [2.05, 4.69) is 10.3 Å². The molecule has 2 rings (SSSR count). The predicted molar refractivity (Wildman–Crippen MR) is 68.4 cm³/mol. The Morgan fingerprint density at radius 2 is 2.10 bits per heavy atom. The first-order valence-electron chi connectivity index (χ1n) is 6.17. The van der Waals surface area contributed by atoms with Crippen molar-refractivity contribution in [1.82, 2.24) is 14.7 Å². The van der Waals surface area contributed by atoms with Gasteiger partial charge in [-0.05, 0) is 19.1 Å². The van der Waals surface area contributed by atoms with Crippen molar-refractivity contribution < 1.29 is 17.9 Å². The fraction of sp³-hybridized carbons (Fsp3) is 0.462. The van der Waals surface area contributed by atoms with Gasteiger partial charge in [0.1, 0.15) is 5.65 Å². The maximum absolute atomic E-state index is 12.6. The van der Waals surface area contributed by atoms with E-state index in [1.54, 1.807) is 13.3 Å². The van der Waals surface area contributed by atoms with Gasteiger partial charge in [0, 0.05) is 32.1 Å². The summed E-state index contributed by atoms with van der Waals surface area (Å²) in [5, 5.41) is 3.18. The molecule has 0 saturated carbocycles. The quantitative estimate of drug-likeness (QED) is 0.918. The molecule has 1 atom stereocenters. The van der Waals surface area contributed by atoms with Gasteiger partial charge in [-0.2, -0.15) is 13.2 Å². The molecule has 110 valence electrons. The average Bonchev–Trinajstić information content (AvgIpc) is 2.77. The fourth-order valence-electron chi connectivity index (χ4n) is 1.88. The predicted octanol–water partition coefficient (Wildman–Crippen LogP) is 2.48. The molecule has 0 saturated heterocycles. The lowest BCUT2D eigenvalue weighted by Crippen LogP contribution is -2.29. The molecule has 2 aromatic rings. The van der Waals surface area contributed by atoms with Gasteiger partial charge in [-0.15, -0.1) is 0 Å². The first kappa shape index (κ1) is 14.8. The van der Waals surface area contributed by atoms with Crippen molar-refractivity contribution in [3.05, 3.63) is 35.8 Å². The van der Waals surface area contributed by atoms with Gasteiger partial charge >= 0.3 is 6.18 Å². The molecule has 4 nitrogen and oxygen atoms in total. The Morgan fingerprint density at radius 3 is 2.75 bits per heavy atom. The third kappa shape index (κ3) is 3.49. The van der Waals surface area contributed by atoms with Gasteiger partial charge < -0.3 is 14.5 Å².